The van der Waals surface area contributed by atoms with Crippen molar-refractivity contribution in [2.24, 2.45) is 0 Å². The summed E-state index contributed by atoms with van der Waals surface area (Å²) in [5.41, 5.74) is 7.16. The van der Waals surface area contributed by atoms with Gasteiger partial charge in [0.2, 0.25) is 5.91 Å². The predicted octanol–water partition coefficient (Wildman–Crippen LogP) is 1.35. The zero-order valence-electron chi connectivity index (χ0n) is 10.6. The lowest BCUT2D eigenvalue weighted by molar-refractivity contribution is -0.120. The van der Waals surface area contributed by atoms with E-state index < -0.39 is 16.0 Å². The zero-order valence-corrected chi connectivity index (χ0v) is 11.4. The van der Waals surface area contributed by atoms with E-state index in [1.807, 2.05) is 6.92 Å². The van der Waals surface area contributed by atoms with Crippen molar-refractivity contribution >= 4 is 22.4 Å². The van der Waals surface area contributed by atoms with Gasteiger partial charge in [0, 0.05) is 16.6 Å². The van der Waals surface area contributed by atoms with Crippen molar-refractivity contribution in [1.82, 2.24) is 5.32 Å². The first-order valence-corrected chi connectivity index (χ1v) is 7.27. The van der Waals surface area contributed by atoms with E-state index in [-0.39, 0.29) is 5.91 Å². The molecule has 3 N–H and O–H groups in total. The van der Waals surface area contributed by atoms with Crippen LogP contribution in [0.1, 0.15) is 25.3 Å². The lowest BCUT2D eigenvalue weighted by atomic mass is 10.2. The number of anilines is 1. The van der Waals surface area contributed by atoms with E-state index in [0.29, 0.717) is 16.6 Å². The number of hydrogen-bond donors (Lipinski definition) is 2. The molecule has 1 fully saturated rings. The Morgan fingerprint density at radius 3 is 2.72 bits per heavy atom. The molecule has 4 nitrogen and oxygen atoms in total. The van der Waals surface area contributed by atoms with Crippen molar-refractivity contribution in [3.63, 3.8) is 0 Å². The number of amides is 1. The summed E-state index contributed by atoms with van der Waals surface area (Å²) in [6, 6.07) is 5.52. The van der Waals surface area contributed by atoms with E-state index in [9.17, 15) is 9.00 Å². The molecule has 0 heterocycles. The molecule has 0 aromatic heterocycles. The maximum atomic E-state index is 12.3. The Bertz CT molecular complexity index is 498. The second-order valence-corrected chi connectivity index (χ2v) is 6.49. The summed E-state index contributed by atoms with van der Waals surface area (Å²) < 4.78 is 12.3. The van der Waals surface area contributed by atoms with E-state index in [4.69, 9.17) is 5.73 Å². The molecule has 18 heavy (non-hydrogen) atoms. The van der Waals surface area contributed by atoms with Crippen molar-refractivity contribution in [1.29, 1.82) is 0 Å². The molecule has 1 aliphatic rings. The molecule has 0 bridgehead atoms. The fraction of sp³-hybridized carbons (Fsp3) is 0.462. The van der Waals surface area contributed by atoms with Crippen LogP contribution in [0.25, 0.3) is 0 Å². The molecule has 1 aromatic rings. The third-order valence-corrected chi connectivity index (χ3v) is 4.78. The molecule has 1 aliphatic carbocycles. The first kappa shape index (κ1) is 13.1. The number of rotatable bonds is 4. The third-order valence-electron chi connectivity index (χ3n) is 3.03. The Kier molecular flexibility index (Phi) is 3.71. The average molecular weight is 266 g/mol. The van der Waals surface area contributed by atoms with Crippen LogP contribution in [0.2, 0.25) is 0 Å². The van der Waals surface area contributed by atoms with Crippen LogP contribution in [0, 0.1) is 6.92 Å². The summed E-state index contributed by atoms with van der Waals surface area (Å²) in [5.74, 6) is -0.132. The van der Waals surface area contributed by atoms with Gasteiger partial charge in [-0.1, -0.05) is 0 Å². The summed E-state index contributed by atoms with van der Waals surface area (Å²) in [7, 11) is -1.33. The van der Waals surface area contributed by atoms with Gasteiger partial charge in [-0.3, -0.25) is 9.00 Å². The van der Waals surface area contributed by atoms with Crippen LogP contribution in [0.15, 0.2) is 23.1 Å². The normalized spacial score (nSPS) is 18.1. The smallest absolute Gasteiger partial charge is 0.236 e. The molecular weight excluding hydrogens is 248 g/mol. The van der Waals surface area contributed by atoms with Crippen LogP contribution >= 0.6 is 0 Å². The second-order valence-electron chi connectivity index (χ2n) is 4.75. The Labute approximate surface area is 109 Å². The van der Waals surface area contributed by atoms with Crippen molar-refractivity contribution in [2.75, 3.05) is 5.73 Å². The molecule has 0 saturated heterocycles. The fourth-order valence-corrected chi connectivity index (χ4v) is 2.95. The Morgan fingerprint density at radius 2 is 2.17 bits per heavy atom. The van der Waals surface area contributed by atoms with Gasteiger partial charge in [0.15, 0.2) is 0 Å². The highest BCUT2D eigenvalue weighted by atomic mass is 32.2. The minimum Gasteiger partial charge on any atom is -0.399 e. The maximum Gasteiger partial charge on any atom is 0.236 e. The minimum absolute atomic E-state index is 0.132. The van der Waals surface area contributed by atoms with Gasteiger partial charge >= 0.3 is 0 Å². The molecule has 2 rings (SSSR count). The van der Waals surface area contributed by atoms with Crippen molar-refractivity contribution in [3.05, 3.63) is 23.8 Å². The summed E-state index contributed by atoms with van der Waals surface area (Å²) in [6.45, 7) is 3.55. The van der Waals surface area contributed by atoms with Crippen LogP contribution in [0.5, 0.6) is 0 Å². The van der Waals surface area contributed by atoms with Gasteiger partial charge in [-0.2, -0.15) is 0 Å². The van der Waals surface area contributed by atoms with E-state index >= 15 is 0 Å². The van der Waals surface area contributed by atoms with Crippen molar-refractivity contribution in [2.45, 2.75) is 42.9 Å². The third kappa shape index (κ3) is 2.90. The second kappa shape index (κ2) is 5.10. The van der Waals surface area contributed by atoms with Crippen LogP contribution in [0.3, 0.4) is 0 Å². The molecule has 2 atom stereocenters. The fourth-order valence-electron chi connectivity index (χ4n) is 1.73. The zero-order chi connectivity index (χ0) is 13.3. The molecule has 0 radical (unpaired) electrons. The molecule has 1 amide bonds. The Balaban J connectivity index is 2.11. The molecule has 0 aliphatic heterocycles. The minimum atomic E-state index is -1.33. The van der Waals surface area contributed by atoms with Crippen molar-refractivity contribution < 1.29 is 9.00 Å². The molecule has 0 spiro atoms. The molecule has 98 valence electrons. The summed E-state index contributed by atoms with van der Waals surface area (Å²) >= 11 is 0. The number of carbonyl (C=O) groups is 1. The van der Waals surface area contributed by atoms with Gasteiger partial charge in [-0.05, 0) is 50.5 Å². The number of benzene rings is 1. The standard InChI is InChI=1S/C13H18N2O2S/c1-8-7-10(14)3-6-12(8)18(17)9(2)13(16)15-11-4-5-11/h3,6-7,9,11H,4-5,14H2,1-2H3,(H,15,16). The summed E-state index contributed by atoms with van der Waals surface area (Å²) in [6.07, 6.45) is 2.07. The highest BCUT2D eigenvalue weighted by Crippen LogP contribution is 2.21. The van der Waals surface area contributed by atoms with Gasteiger partial charge in [-0.15, -0.1) is 0 Å². The van der Waals surface area contributed by atoms with E-state index in [2.05, 4.69) is 5.32 Å². The number of aryl methyl sites for hydroxylation is 1. The predicted molar refractivity (Wildman–Crippen MR) is 72.6 cm³/mol. The summed E-state index contributed by atoms with van der Waals surface area (Å²) in [4.78, 5) is 12.5. The van der Waals surface area contributed by atoms with Gasteiger partial charge in [0.25, 0.3) is 0 Å². The van der Waals surface area contributed by atoms with Gasteiger partial charge in [0.05, 0.1) is 10.8 Å². The molecule has 5 heteroatoms. The lowest BCUT2D eigenvalue weighted by Crippen LogP contribution is -2.36. The van der Waals surface area contributed by atoms with Gasteiger partial charge < -0.3 is 11.1 Å². The number of carbonyl (C=O) groups excluding carboxylic acids is 1. The van der Waals surface area contributed by atoms with Crippen LogP contribution in [-0.2, 0) is 15.6 Å². The lowest BCUT2D eigenvalue weighted by Gasteiger charge is -2.13. The Morgan fingerprint density at radius 1 is 1.50 bits per heavy atom. The number of nitrogen functional groups attached to an aromatic ring is 1. The summed E-state index contributed by atoms with van der Waals surface area (Å²) in [5, 5.41) is 2.34. The average Bonchev–Trinajstić information content (AvgIpc) is 3.11. The van der Waals surface area contributed by atoms with Gasteiger partial charge in [0.1, 0.15) is 5.25 Å². The Hall–Kier alpha value is -1.36. The van der Waals surface area contributed by atoms with E-state index in [0.717, 1.165) is 18.4 Å². The maximum absolute atomic E-state index is 12.3. The molecule has 1 aromatic carbocycles. The van der Waals surface area contributed by atoms with Crippen molar-refractivity contribution in [3.8, 4) is 0 Å². The number of hydrogen-bond acceptors (Lipinski definition) is 3. The van der Waals surface area contributed by atoms with E-state index in [1.165, 1.54) is 0 Å². The highest BCUT2D eigenvalue weighted by molar-refractivity contribution is 7.86. The highest BCUT2D eigenvalue weighted by Gasteiger charge is 2.28. The first-order valence-electron chi connectivity index (χ1n) is 6.06. The monoisotopic (exact) mass is 266 g/mol. The van der Waals surface area contributed by atoms with Crippen LogP contribution in [0.4, 0.5) is 5.69 Å². The molecule has 1 saturated carbocycles. The molecule has 2 unspecified atom stereocenters. The quantitative estimate of drug-likeness (QED) is 0.808. The SMILES string of the molecule is Cc1cc(N)ccc1S(=O)C(C)C(=O)NC1CC1. The van der Waals surface area contributed by atoms with Gasteiger partial charge in [-0.25, -0.2) is 0 Å². The largest absolute Gasteiger partial charge is 0.399 e. The molecular formula is C13H18N2O2S. The number of nitrogens with one attached hydrogen (secondary N) is 1. The first-order chi connectivity index (χ1) is 8.49. The number of nitrogens with two attached hydrogens (primary N) is 1. The van der Waals surface area contributed by atoms with Crippen LogP contribution < -0.4 is 11.1 Å². The van der Waals surface area contributed by atoms with Crippen LogP contribution in [-0.4, -0.2) is 21.4 Å². The topological polar surface area (TPSA) is 72.2 Å². The van der Waals surface area contributed by atoms with E-state index in [1.54, 1.807) is 25.1 Å².